The lowest BCUT2D eigenvalue weighted by Gasteiger charge is -2.09. The number of hydrogen-bond acceptors (Lipinski definition) is 3. The molecule has 1 aliphatic carbocycles. The first kappa shape index (κ1) is 26.8. The smallest absolute Gasteiger partial charge is 0.231 e. The fourth-order valence-corrected chi connectivity index (χ4v) is 7.25. The number of alkyl halides is 2. The number of fused-ring (bicyclic) bond motifs is 1. The number of rotatable bonds is 8. The molecule has 1 heterocycles. The molecule has 3 nitrogen and oxygen atoms in total. The zero-order valence-electron chi connectivity index (χ0n) is 19.2. The molecule has 0 saturated heterocycles. The largest absolute Gasteiger partial charge is 0.326 e. The van der Waals surface area contributed by atoms with Gasteiger partial charge in [-0.3, -0.25) is 9.59 Å². The molecule has 0 radical (unpaired) electrons. The van der Waals surface area contributed by atoms with Gasteiger partial charge >= 0.3 is 0 Å². The molecule has 1 aliphatic rings. The Morgan fingerprint density at radius 3 is 2.43 bits per heavy atom. The Morgan fingerprint density at radius 1 is 0.946 bits per heavy atom. The molecule has 0 spiro atoms. The number of Topliss-reactive ketones (excluding diaryl/α,β-unsaturated/α-hetero) is 1. The van der Waals surface area contributed by atoms with Crippen molar-refractivity contribution in [2.24, 2.45) is 5.92 Å². The van der Waals surface area contributed by atoms with Crippen LogP contribution >= 0.6 is 69.3 Å². The molecular weight excluding hydrogens is 592 g/mol. The summed E-state index contributed by atoms with van der Waals surface area (Å²) >= 11 is 33.2. The molecule has 1 amide bonds. The van der Waals surface area contributed by atoms with Gasteiger partial charge in [0.15, 0.2) is 5.78 Å². The van der Waals surface area contributed by atoms with Gasteiger partial charge in [-0.05, 0) is 77.2 Å². The highest BCUT2D eigenvalue weighted by Gasteiger charge is 2.67. The van der Waals surface area contributed by atoms with Gasteiger partial charge < -0.3 is 5.32 Å². The van der Waals surface area contributed by atoms with Gasteiger partial charge in [-0.25, -0.2) is 0 Å². The van der Waals surface area contributed by atoms with Crippen LogP contribution < -0.4 is 5.32 Å². The Bertz CT molecular complexity index is 1500. The number of nitrogens with one attached hydrogen (secondary N) is 1. The van der Waals surface area contributed by atoms with Gasteiger partial charge in [-0.2, -0.15) is 0 Å². The van der Waals surface area contributed by atoms with Crippen LogP contribution in [0.5, 0.6) is 0 Å². The molecule has 190 valence electrons. The summed E-state index contributed by atoms with van der Waals surface area (Å²) in [5.41, 5.74) is 2.74. The molecule has 4 aromatic rings. The van der Waals surface area contributed by atoms with Crippen LogP contribution in [0.15, 0.2) is 66.0 Å². The lowest BCUT2D eigenvalue weighted by Crippen LogP contribution is -2.17. The van der Waals surface area contributed by atoms with E-state index in [-0.39, 0.29) is 11.7 Å². The van der Waals surface area contributed by atoms with E-state index in [0.717, 1.165) is 6.42 Å². The average Bonchev–Trinajstić information content (AvgIpc) is 3.21. The normalized spacial score (nSPS) is 18.1. The summed E-state index contributed by atoms with van der Waals surface area (Å²) in [5.74, 6) is -1.62. The number of thiophene rings is 1. The van der Waals surface area contributed by atoms with Crippen LogP contribution in [0.25, 0.3) is 10.1 Å². The summed E-state index contributed by atoms with van der Waals surface area (Å²) in [7, 11) is 0. The van der Waals surface area contributed by atoms with Crippen molar-refractivity contribution in [1.82, 2.24) is 0 Å². The monoisotopic (exact) mass is 609 g/mol. The van der Waals surface area contributed by atoms with Crippen molar-refractivity contribution in [3.8, 4) is 0 Å². The highest BCUT2D eigenvalue weighted by atomic mass is 35.5. The van der Waals surface area contributed by atoms with Crippen molar-refractivity contribution < 1.29 is 9.59 Å². The minimum Gasteiger partial charge on any atom is -0.326 e. The molecule has 1 saturated carbocycles. The van der Waals surface area contributed by atoms with Gasteiger partial charge in [0.05, 0.1) is 10.9 Å². The zero-order valence-corrected chi connectivity index (χ0v) is 23.8. The maximum atomic E-state index is 13.1. The van der Waals surface area contributed by atoms with Crippen molar-refractivity contribution in [3.05, 3.63) is 97.8 Å². The van der Waals surface area contributed by atoms with E-state index in [4.69, 9.17) is 58.0 Å². The molecule has 37 heavy (non-hydrogen) atoms. The molecule has 5 rings (SSSR count). The van der Waals surface area contributed by atoms with Crippen molar-refractivity contribution in [2.45, 2.75) is 29.5 Å². The van der Waals surface area contributed by atoms with E-state index in [1.54, 1.807) is 47.7 Å². The van der Waals surface area contributed by atoms with Crippen LogP contribution in [0, 0.1) is 5.92 Å². The SMILES string of the molecule is O=C(CCCc1csc2ccccc12)c1cc(NC(=O)C2C(c3cc(Cl)cc(Cl)c3)C2(Cl)Cl)ccc1Cl. The van der Waals surface area contributed by atoms with Gasteiger partial charge in [0.2, 0.25) is 5.91 Å². The van der Waals surface area contributed by atoms with Crippen molar-refractivity contribution in [1.29, 1.82) is 0 Å². The molecule has 0 aliphatic heterocycles. The number of carbonyl (C=O) groups excluding carboxylic acids is 2. The molecule has 0 bridgehead atoms. The summed E-state index contributed by atoms with van der Waals surface area (Å²) in [6, 6.07) is 18.1. The van der Waals surface area contributed by atoms with Crippen LogP contribution in [-0.2, 0) is 11.2 Å². The average molecular weight is 612 g/mol. The molecule has 3 aromatic carbocycles. The number of carbonyl (C=O) groups is 2. The number of aryl methyl sites for hydroxylation is 1. The van der Waals surface area contributed by atoms with E-state index in [1.807, 2.05) is 12.1 Å². The second-order valence-corrected chi connectivity index (χ2v) is 12.7. The lowest BCUT2D eigenvalue weighted by atomic mass is 10.0. The fraction of sp³-hybridized carbons (Fsp3) is 0.214. The standard InChI is InChI=1S/C28H20Cl5NO2S/c29-17-10-16(11-18(30)12-17)25-26(28(25,32)33)27(36)34-19-8-9-22(31)21(13-19)23(35)6-3-4-15-14-37-24-7-2-1-5-20(15)24/h1-2,5,7-14,25-26H,3-4,6H2,(H,34,36). The van der Waals surface area contributed by atoms with Crippen molar-refractivity contribution in [2.75, 3.05) is 5.32 Å². The summed E-state index contributed by atoms with van der Waals surface area (Å²) < 4.78 is -0.0563. The zero-order chi connectivity index (χ0) is 26.3. The Morgan fingerprint density at radius 2 is 1.68 bits per heavy atom. The maximum absolute atomic E-state index is 13.1. The highest BCUT2D eigenvalue weighted by molar-refractivity contribution is 7.17. The van der Waals surface area contributed by atoms with Crippen LogP contribution in [0.4, 0.5) is 5.69 Å². The number of halogens is 5. The third kappa shape index (κ3) is 5.66. The quantitative estimate of drug-likeness (QED) is 0.159. The van der Waals surface area contributed by atoms with Crippen LogP contribution in [0.3, 0.4) is 0 Å². The van der Waals surface area contributed by atoms with Crippen LogP contribution in [0.2, 0.25) is 15.1 Å². The van der Waals surface area contributed by atoms with Gasteiger partial charge in [-0.15, -0.1) is 34.5 Å². The lowest BCUT2D eigenvalue weighted by molar-refractivity contribution is -0.117. The number of hydrogen-bond donors (Lipinski definition) is 1. The Labute approximate surface area is 243 Å². The fourth-order valence-electron chi connectivity index (χ4n) is 4.66. The Kier molecular flexibility index (Phi) is 7.80. The first-order valence-corrected chi connectivity index (χ1v) is 14.3. The van der Waals surface area contributed by atoms with E-state index in [1.165, 1.54) is 15.6 Å². The third-order valence-electron chi connectivity index (χ3n) is 6.53. The second-order valence-electron chi connectivity index (χ2n) is 9.05. The predicted molar refractivity (Wildman–Crippen MR) is 156 cm³/mol. The molecule has 1 fully saturated rings. The van der Waals surface area contributed by atoms with Crippen LogP contribution in [-0.4, -0.2) is 16.0 Å². The molecule has 2 atom stereocenters. The number of benzene rings is 3. The Balaban J connectivity index is 1.24. The van der Waals surface area contributed by atoms with Crippen molar-refractivity contribution >= 4 is 96.8 Å². The molecule has 9 heteroatoms. The third-order valence-corrected chi connectivity index (χ3v) is 9.24. The van der Waals surface area contributed by atoms with E-state index >= 15 is 0 Å². The molecule has 1 aromatic heterocycles. The van der Waals surface area contributed by atoms with Crippen molar-refractivity contribution in [3.63, 3.8) is 0 Å². The van der Waals surface area contributed by atoms with E-state index in [9.17, 15) is 9.59 Å². The summed E-state index contributed by atoms with van der Waals surface area (Å²) in [4.78, 5) is 26.0. The molecule has 2 unspecified atom stereocenters. The molecule has 1 N–H and O–H groups in total. The maximum Gasteiger partial charge on any atom is 0.231 e. The highest BCUT2D eigenvalue weighted by Crippen LogP contribution is 2.65. The minimum absolute atomic E-state index is 0.0810. The summed E-state index contributed by atoms with van der Waals surface area (Å²) in [6.07, 6.45) is 1.83. The molecular formula is C28H20Cl5NO2S. The van der Waals surface area contributed by atoms with Gasteiger partial charge in [0.25, 0.3) is 0 Å². The Hall–Kier alpha value is -1.79. The first-order chi connectivity index (χ1) is 17.6. The summed E-state index contributed by atoms with van der Waals surface area (Å²) in [6.45, 7) is 0. The van der Waals surface area contributed by atoms with E-state index in [2.05, 4.69) is 22.8 Å². The topological polar surface area (TPSA) is 46.2 Å². The number of anilines is 1. The van der Waals surface area contributed by atoms with Gasteiger partial charge in [0.1, 0.15) is 4.33 Å². The van der Waals surface area contributed by atoms with Gasteiger partial charge in [-0.1, -0.05) is 53.0 Å². The van der Waals surface area contributed by atoms with E-state index in [0.29, 0.717) is 44.7 Å². The minimum atomic E-state index is -1.30. The van der Waals surface area contributed by atoms with Crippen LogP contribution in [0.1, 0.15) is 40.2 Å². The van der Waals surface area contributed by atoms with E-state index < -0.39 is 16.2 Å². The number of ketones is 1. The summed E-state index contributed by atoms with van der Waals surface area (Å²) in [5, 5.41) is 7.42. The first-order valence-electron chi connectivity index (χ1n) is 11.6. The predicted octanol–water partition coefficient (Wildman–Crippen LogP) is 9.59. The van der Waals surface area contributed by atoms with Gasteiger partial charge in [0, 0.05) is 38.3 Å². The number of amides is 1. The second kappa shape index (κ2) is 10.8.